The first-order chi connectivity index (χ1) is 14.0. The monoisotopic (exact) mass is 476 g/mol. The average molecular weight is 477 g/mol. The molecule has 0 aromatic rings. The van der Waals surface area contributed by atoms with Crippen LogP contribution in [0, 0.1) is 0 Å². The number of aliphatic hydroxyl groups excluding tert-OH is 2. The number of fused-ring (bicyclic) bond motifs is 1. The van der Waals surface area contributed by atoms with Crippen molar-refractivity contribution in [1.82, 2.24) is 9.76 Å². The molecule has 0 aromatic heterocycles. The molecule has 11 heteroatoms. The first-order valence-electron chi connectivity index (χ1n) is 10.5. The van der Waals surface area contributed by atoms with Gasteiger partial charge >= 0.3 is 7.67 Å². The van der Waals surface area contributed by atoms with E-state index in [9.17, 15) is 14.8 Å². The lowest BCUT2D eigenvalue weighted by molar-refractivity contribution is -0.258. The number of halogens is 2. The van der Waals surface area contributed by atoms with E-state index in [-0.39, 0.29) is 18.4 Å². The molecule has 2 fully saturated rings. The molecule has 0 amide bonds. The molecule has 0 radical (unpaired) electrons. The van der Waals surface area contributed by atoms with E-state index in [0.29, 0.717) is 19.7 Å². The van der Waals surface area contributed by atoms with Gasteiger partial charge in [-0.2, -0.15) is 0 Å². The molecular formula is C18H35Cl2N2O6P. The maximum Gasteiger partial charge on any atom is 0.344 e. The van der Waals surface area contributed by atoms with Crippen molar-refractivity contribution >= 4 is 30.9 Å². The molecule has 172 valence electrons. The van der Waals surface area contributed by atoms with Crippen LogP contribution in [-0.4, -0.2) is 83.6 Å². The second kappa shape index (κ2) is 13.2. The summed E-state index contributed by atoms with van der Waals surface area (Å²) in [5.41, 5.74) is 0. The lowest BCUT2D eigenvalue weighted by atomic mass is 9.98. The molecule has 0 spiro atoms. The van der Waals surface area contributed by atoms with E-state index in [1.807, 2.05) is 0 Å². The second-order valence-electron chi connectivity index (χ2n) is 7.43. The highest BCUT2D eigenvalue weighted by atomic mass is 35.5. The van der Waals surface area contributed by atoms with Crippen molar-refractivity contribution in [3.05, 3.63) is 0 Å². The third kappa shape index (κ3) is 7.01. The van der Waals surface area contributed by atoms with Crippen LogP contribution < -0.4 is 5.09 Å². The molecule has 2 heterocycles. The third-order valence-corrected chi connectivity index (χ3v) is 7.90. The summed E-state index contributed by atoms with van der Waals surface area (Å²) in [5.74, 6) is 0.523. The minimum atomic E-state index is -3.47. The number of hydrogen-bond acceptors (Lipinski definition) is 6. The lowest BCUT2D eigenvalue weighted by Gasteiger charge is -2.39. The highest BCUT2D eigenvalue weighted by Crippen LogP contribution is 2.55. The van der Waals surface area contributed by atoms with E-state index in [1.54, 1.807) is 4.67 Å². The minimum Gasteiger partial charge on any atom is -0.394 e. The fourth-order valence-corrected chi connectivity index (χ4v) is 6.62. The van der Waals surface area contributed by atoms with E-state index in [0.717, 1.165) is 19.3 Å². The van der Waals surface area contributed by atoms with Crippen LogP contribution in [0.3, 0.4) is 0 Å². The van der Waals surface area contributed by atoms with Crippen LogP contribution >= 0.6 is 30.9 Å². The number of aliphatic hydroxyl groups is 2. The molecule has 3 N–H and O–H groups in total. The Morgan fingerprint density at radius 3 is 2.41 bits per heavy atom. The van der Waals surface area contributed by atoms with Gasteiger partial charge in [-0.25, -0.2) is 9.76 Å². The molecule has 0 bridgehead atoms. The Balaban J connectivity index is 1.99. The molecule has 2 rings (SSSR count). The maximum absolute atomic E-state index is 13.4. The fraction of sp³-hybridized carbons (Fsp3) is 1.00. The number of nitrogens with zero attached hydrogens (tertiary/aromatic N) is 1. The van der Waals surface area contributed by atoms with Gasteiger partial charge in [0.25, 0.3) is 0 Å². The molecule has 0 aliphatic carbocycles. The van der Waals surface area contributed by atoms with Crippen LogP contribution in [0.2, 0.25) is 0 Å². The number of unbranched alkanes of at least 4 members (excludes halogenated alkanes) is 5. The Bertz CT molecular complexity index is 515. The predicted molar refractivity (Wildman–Crippen MR) is 113 cm³/mol. The van der Waals surface area contributed by atoms with Gasteiger partial charge in [-0.3, -0.25) is 9.09 Å². The summed E-state index contributed by atoms with van der Waals surface area (Å²) in [5, 5.41) is 23.1. The van der Waals surface area contributed by atoms with Crippen molar-refractivity contribution in [2.24, 2.45) is 0 Å². The number of ether oxygens (including phenoxy) is 2. The zero-order valence-electron chi connectivity index (χ0n) is 17.0. The standard InChI is InChI=1S/C18H35Cl2N2O6P/c1-2-3-4-5-6-7-12-26-18-15-17(16(24)14(13-23)27-18)28-29(25,21-15)22(10-8-19)11-9-20/h14-18,23-24H,2-13H2,1H3,(H,21,25)/t14-,15-,16-,17+,18-,29?/m1/s1. The highest BCUT2D eigenvalue weighted by molar-refractivity contribution is 7.54. The fourth-order valence-electron chi connectivity index (χ4n) is 3.66. The van der Waals surface area contributed by atoms with Crippen molar-refractivity contribution in [3.63, 3.8) is 0 Å². The number of alkyl halides is 2. The predicted octanol–water partition coefficient (Wildman–Crippen LogP) is 2.69. The van der Waals surface area contributed by atoms with E-state index in [1.165, 1.54) is 19.3 Å². The van der Waals surface area contributed by atoms with Crippen LogP contribution in [0.25, 0.3) is 0 Å². The summed E-state index contributed by atoms with van der Waals surface area (Å²) in [4.78, 5) is 0. The first kappa shape index (κ1) is 25.8. The summed E-state index contributed by atoms with van der Waals surface area (Å²) >= 11 is 11.7. The Morgan fingerprint density at radius 2 is 1.79 bits per heavy atom. The van der Waals surface area contributed by atoms with Gasteiger partial charge in [-0.05, 0) is 6.42 Å². The normalized spacial score (nSPS) is 34.6. The van der Waals surface area contributed by atoms with Gasteiger partial charge in [0.15, 0.2) is 6.29 Å². The molecule has 29 heavy (non-hydrogen) atoms. The molecule has 1 unspecified atom stereocenters. The van der Waals surface area contributed by atoms with Crippen molar-refractivity contribution in [2.75, 3.05) is 38.1 Å². The van der Waals surface area contributed by atoms with Crippen LogP contribution in [-0.2, 0) is 18.6 Å². The molecule has 0 saturated carbocycles. The molecule has 2 aliphatic heterocycles. The van der Waals surface area contributed by atoms with Crippen LogP contribution in [0.15, 0.2) is 0 Å². The molecule has 0 aromatic carbocycles. The molecular weight excluding hydrogens is 442 g/mol. The van der Waals surface area contributed by atoms with Gasteiger partial charge in [0.2, 0.25) is 0 Å². The quantitative estimate of drug-likeness (QED) is 0.200. The van der Waals surface area contributed by atoms with Gasteiger partial charge in [-0.1, -0.05) is 39.0 Å². The van der Waals surface area contributed by atoms with Gasteiger partial charge in [0, 0.05) is 31.5 Å². The Kier molecular flexibility index (Phi) is 11.7. The Morgan fingerprint density at radius 1 is 1.14 bits per heavy atom. The molecule has 6 atom stereocenters. The van der Waals surface area contributed by atoms with E-state index < -0.39 is 38.3 Å². The number of hydrogen-bond donors (Lipinski definition) is 3. The Labute approximate surface area is 183 Å². The first-order valence-corrected chi connectivity index (χ1v) is 13.1. The van der Waals surface area contributed by atoms with Crippen molar-refractivity contribution in [2.45, 2.75) is 76.1 Å². The topological polar surface area (TPSA) is 100 Å². The summed E-state index contributed by atoms with van der Waals surface area (Å²) in [7, 11) is -3.47. The van der Waals surface area contributed by atoms with E-state index >= 15 is 0 Å². The van der Waals surface area contributed by atoms with Crippen molar-refractivity contribution in [1.29, 1.82) is 0 Å². The smallest absolute Gasteiger partial charge is 0.344 e. The summed E-state index contributed by atoms with van der Waals surface area (Å²) in [6.45, 7) is 2.92. The third-order valence-electron chi connectivity index (χ3n) is 5.27. The van der Waals surface area contributed by atoms with Gasteiger partial charge in [0.1, 0.15) is 18.3 Å². The van der Waals surface area contributed by atoms with Crippen molar-refractivity contribution in [3.8, 4) is 0 Å². The summed E-state index contributed by atoms with van der Waals surface area (Å²) in [6, 6.07) is -0.619. The second-order valence-corrected chi connectivity index (χ2v) is 10.3. The van der Waals surface area contributed by atoms with Crippen LogP contribution in [0.5, 0.6) is 0 Å². The van der Waals surface area contributed by atoms with Crippen LogP contribution in [0.1, 0.15) is 45.4 Å². The van der Waals surface area contributed by atoms with E-state index in [2.05, 4.69) is 12.0 Å². The Hall–Kier alpha value is 0.530. The highest BCUT2D eigenvalue weighted by Gasteiger charge is 2.57. The molecule has 2 saturated heterocycles. The lowest BCUT2D eigenvalue weighted by Crippen LogP contribution is -2.60. The van der Waals surface area contributed by atoms with Crippen molar-refractivity contribution < 1.29 is 28.8 Å². The van der Waals surface area contributed by atoms with Gasteiger partial charge in [0.05, 0.1) is 12.6 Å². The number of rotatable bonds is 14. The molecule has 2 aliphatic rings. The minimum absolute atomic E-state index is 0.261. The summed E-state index contributed by atoms with van der Waals surface area (Å²) < 4.78 is 32.4. The average Bonchev–Trinajstić information content (AvgIpc) is 3.08. The zero-order chi connectivity index (χ0) is 21.3. The summed E-state index contributed by atoms with van der Waals surface area (Å²) in [6.07, 6.45) is 3.18. The maximum atomic E-state index is 13.4. The van der Waals surface area contributed by atoms with Crippen LogP contribution in [0.4, 0.5) is 0 Å². The van der Waals surface area contributed by atoms with E-state index in [4.69, 9.17) is 37.2 Å². The zero-order valence-corrected chi connectivity index (χ0v) is 19.5. The van der Waals surface area contributed by atoms with Gasteiger partial charge < -0.3 is 19.7 Å². The number of nitrogens with one attached hydrogen (secondary N) is 1. The largest absolute Gasteiger partial charge is 0.394 e. The SMILES string of the molecule is CCCCCCCCO[C@@H]1O[C@H](CO)[C@@H](O)[C@H]2OP(=O)(N(CCCl)CCCl)N[C@@H]12. The molecule has 8 nitrogen and oxygen atoms in total. The van der Waals surface area contributed by atoms with Gasteiger partial charge in [-0.15, -0.1) is 23.2 Å².